The molecule has 1 aliphatic rings. The van der Waals surface area contributed by atoms with E-state index in [1.165, 1.54) is 0 Å². The number of amides is 1. The molecule has 0 atom stereocenters. The molecule has 1 heterocycles. The van der Waals surface area contributed by atoms with Crippen molar-refractivity contribution in [1.29, 1.82) is 0 Å². The third-order valence-electron chi connectivity index (χ3n) is 3.17. The third kappa shape index (κ3) is 3.22. The van der Waals surface area contributed by atoms with E-state index in [1.54, 1.807) is 0 Å². The maximum absolute atomic E-state index is 11.8. The van der Waals surface area contributed by atoms with Crippen molar-refractivity contribution in [2.24, 2.45) is 0 Å². The molecule has 1 N–H and O–H groups in total. The van der Waals surface area contributed by atoms with Crippen LogP contribution in [0.2, 0.25) is 0 Å². The van der Waals surface area contributed by atoms with E-state index in [2.05, 4.69) is 37.0 Å². The molecule has 0 aromatic rings. The van der Waals surface area contributed by atoms with Crippen molar-refractivity contribution < 1.29 is 4.79 Å². The summed E-state index contributed by atoms with van der Waals surface area (Å²) in [7, 11) is 2.10. The average molecular weight is 223 g/mol. The zero-order valence-electron chi connectivity index (χ0n) is 10.4. The van der Waals surface area contributed by atoms with E-state index < -0.39 is 0 Å². The Morgan fingerprint density at radius 1 is 1.50 bits per heavy atom. The minimum Gasteiger partial charge on any atom is -0.338 e. The lowest BCUT2D eigenvalue weighted by molar-refractivity contribution is -0.134. The molecule has 1 saturated heterocycles. The summed E-state index contributed by atoms with van der Waals surface area (Å²) in [6, 6.07) is 0. The molecule has 0 spiro atoms. The summed E-state index contributed by atoms with van der Waals surface area (Å²) < 4.78 is 0. The second kappa shape index (κ2) is 5.33. The minimum atomic E-state index is 0.0556. The Morgan fingerprint density at radius 2 is 2.19 bits per heavy atom. The van der Waals surface area contributed by atoms with Crippen molar-refractivity contribution in [3.8, 4) is 12.3 Å². The number of likely N-dealkylation sites (N-methyl/N-ethyl adjacent to an activating group) is 1. The predicted octanol–water partition coefficient (Wildman–Crippen LogP) is -0.238. The molecule has 90 valence electrons. The Balaban J connectivity index is 2.44. The van der Waals surface area contributed by atoms with Gasteiger partial charge in [-0.3, -0.25) is 15.0 Å². The van der Waals surface area contributed by atoms with Crippen LogP contribution in [0, 0.1) is 12.3 Å². The van der Waals surface area contributed by atoms with Crippen molar-refractivity contribution in [3.05, 3.63) is 0 Å². The van der Waals surface area contributed by atoms with Crippen LogP contribution in [0.15, 0.2) is 0 Å². The first kappa shape index (κ1) is 13.0. The van der Waals surface area contributed by atoms with Crippen LogP contribution < -0.4 is 5.32 Å². The number of piperazine rings is 1. The van der Waals surface area contributed by atoms with Gasteiger partial charge in [-0.25, -0.2) is 0 Å². The average Bonchev–Trinajstić information content (AvgIpc) is 2.22. The van der Waals surface area contributed by atoms with Crippen LogP contribution in [0.4, 0.5) is 0 Å². The van der Waals surface area contributed by atoms with Gasteiger partial charge >= 0.3 is 0 Å². The number of hydrogen-bond donors (Lipinski definition) is 1. The van der Waals surface area contributed by atoms with Crippen LogP contribution in [0.3, 0.4) is 0 Å². The van der Waals surface area contributed by atoms with Gasteiger partial charge in [0.15, 0.2) is 0 Å². The molecule has 1 rings (SSSR count). The first-order valence-electron chi connectivity index (χ1n) is 5.60. The number of rotatable bonds is 3. The van der Waals surface area contributed by atoms with Gasteiger partial charge in [-0.2, -0.15) is 0 Å². The Bertz CT molecular complexity index is 293. The Morgan fingerprint density at radius 3 is 2.75 bits per heavy atom. The summed E-state index contributed by atoms with van der Waals surface area (Å²) in [6.07, 6.45) is 5.11. The number of carbonyl (C=O) groups is 1. The van der Waals surface area contributed by atoms with Crippen LogP contribution in [0.1, 0.15) is 13.8 Å². The lowest BCUT2D eigenvalue weighted by atomic mass is 10.00. The van der Waals surface area contributed by atoms with Gasteiger partial charge in [0, 0.05) is 25.2 Å². The number of carbonyl (C=O) groups excluding carboxylic acids is 1. The molecule has 0 aliphatic carbocycles. The highest BCUT2D eigenvalue weighted by molar-refractivity contribution is 5.78. The van der Waals surface area contributed by atoms with Crippen LogP contribution >= 0.6 is 0 Å². The number of nitrogens with one attached hydrogen (secondary N) is 1. The zero-order valence-corrected chi connectivity index (χ0v) is 10.4. The highest BCUT2D eigenvalue weighted by Gasteiger charge is 2.32. The maximum atomic E-state index is 11.8. The lowest BCUT2D eigenvalue weighted by Gasteiger charge is -2.45. The monoisotopic (exact) mass is 223 g/mol. The predicted molar refractivity (Wildman–Crippen MR) is 65.0 cm³/mol. The van der Waals surface area contributed by atoms with E-state index in [-0.39, 0.29) is 11.4 Å². The fourth-order valence-corrected chi connectivity index (χ4v) is 1.81. The quantitative estimate of drug-likeness (QED) is 0.530. The number of nitrogens with zero attached hydrogens (tertiary/aromatic N) is 2. The van der Waals surface area contributed by atoms with E-state index in [4.69, 9.17) is 6.42 Å². The Hall–Kier alpha value is -1.05. The van der Waals surface area contributed by atoms with Crippen molar-refractivity contribution in [1.82, 2.24) is 15.1 Å². The lowest BCUT2D eigenvalue weighted by Crippen LogP contribution is -2.59. The van der Waals surface area contributed by atoms with Crippen molar-refractivity contribution in [3.63, 3.8) is 0 Å². The first-order chi connectivity index (χ1) is 7.47. The SMILES string of the molecule is C#CCNCC(=O)N1CCN(C)C(C)(C)C1. The van der Waals surface area contributed by atoms with Crippen LogP contribution in [-0.2, 0) is 4.79 Å². The summed E-state index contributed by atoms with van der Waals surface area (Å²) in [5, 5.41) is 2.93. The van der Waals surface area contributed by atoms with E-state index in [0.29, 0.717) is 13.1 Å². The van der Waals surface area contributed by atoms with Gasteiger partial charge in [0.25, 0.3) is 0 Å². The van der Waals surface area contributed by atoms with E-state index in [1.807, 2.05) is 4.90 Å². The highest BCUT2D eigenvalue weighted by atomic mass is 16.2. The standard InChI is InChI=1S/C12H21N3O/c1-5-6-13-9-11(16)15-8-7-14(4)12(2,3)10-15/h1,13H,6-10H2,2-4H3. The summed E-state index contributed by atoms with van der Waals surface area (Å²) in [4.78, 5) is 16.0. The van der Waals surface area contributed by atoms with E-state index >= 15 is 0 Å². The molecule has 16 heavy (non-hydrogen) atoms. The van der Waals surface area contributed by atoms with Crippen molar-refractivity contribution in [2.75, 3.05) is 39.8 Å². The van der Waals surface area contributed by atoms with Gasteiger partial charge in [0.1, 0.15) is 0 Å². The molecule has 0 bridgehead atoms. The van der Waals surface area contributed by atoms with Gasteiger partial charge in [-0.15, -0.1) is 6.42 Å². The molecular formula is C12H21N3O. The van der Waals surface area contributed by atoms with Crippen LogP contribution in [-0.4, -0.2) is 61.0 Å². The van der Waals surface area contributed by atoms with Crippen LogP contribution in [0.5, 0.6) is 0 Å². The van der Waals surface area contributed by atoms with Crippen molar-refractivity contribution in [2.45, 2.75) is 19.4 Å². The second-order valence-corrected chi connectivity index (χ2v) is 4.86. The molecule has 0 saturated carbocycles. The fraction of sp³-hybridized carbons (Fsp3) is 0.750. The summed E-state index contributed by atoms with van der Waals surface area (Å²) in [5.74, 6) is 2.59. The third-order valence-corrected chi connectivity index (χ3v) is 3.17. The molecule has 1 fully saturated rings. The Kier molecular flexibility index (Phi) is 4.34. The largest absolute Gasteiger partial charge is 0.338 e. The smallest absolute Gasteiger partial charge is 0.236 e. The Labute approximate surface area is 98.0 Å². The molecule has 1 amide bonds. The second-order valence-electron chi connectivity index (χ2n) is 4.86. The van der Waals surface area contributed by atoms with Gasteiger partial charge in [0.05, 0.1) is 13.1 Å². The maximum Gasteiger partial charge on any atom is 0.236 e. The van der Waals surface area contributed by atoms with Gasteiger partial charge < -0.3 is 4.90 Å². The molecule has 4 heteroatoms. The normalized spacial score (nSPS) is 20.5. The minimum absolute atomic E-state index is 0.0556. The van der Waals surface area contributed by atoms with Gasteiger partial charge in [0.2, 0.25) is 5.91 Å². The molecule has 0 radical (unpaired) electrons. The molecule has 0 aromatic heterocycles. The van der Waals surface area contributed by atoms with Crippen LogP contribution in [0.25, 0.3) is 0 Å². The summed E-state index contributed by atoms with van der Waals surface area (Å²) >= 11 is 0. The molecular weight excluding hydrogens is 202 g/mol. The topological polar surface area (TPSA) is 35.6 Å². The first-order valence-corrected chi connectivity index (χ1v) is 5.60. The zero-order chi connectivity index (χ0) is 12.2. The summed E-state index contributed by atoms with van der Waals surface area (Å²) in [6.45, 7) is 7.60. The van der Waals surface area contributed by atoms with E-state index in [0.717, 1.165) is 19.6 Å². The number of hydrogen-bond acceptors (Lipinski definition) is 3. The molecule has 4 nitrogen and oxygen atoms in total. The van der Waals surface area contributed by atoms with E-state index in [9.17, 15) is 4.79 Å². The molecule has 0 aromatic carbocycles. The fourth-order valence-electron chi connectivity index (χ4n) is 1.81. The molecule has 1 aliphatic heterocycles. The highest BCUT2D eigenvalue weighted by Crippen LogP contribution is 2.18. The van der Waals surface area contributed by atoms with Gasteiger partial charge in [-0.05, 0) is 20.9 Å². The van der Waals surface area contributed by atoms with Crippen molar-refractivity contribution >= 4 is 5.91 Å². The van der Waals surface area contributed by atoms with Gasteiger partial charge in [-0.1, -0.05) is 5.92 Å². The number of terminal acetylenes is 1. The summed E-state index contributed by atoms with van der Waals surface area (Å²) in [5.41, 5.74) is 0.0556. The molecule has 0 unspecified atom stereocenters.